The van der Waals surface area contributed by atoms with Gasteiger partial charge in [-0.25, -0.2) is 0 Å². The second-order valence-corrected chi connectivity index (χ2v) is 9.21. The van der Waals surface area contributed by atoms with Gasteiger partial charge in [0.25, 0.3) is 5.56 Å². The van der Waals surface area contributed by atoms with Crippen molar-refractivity contribution in [2.75, 3.05) is 12.4 Å². The maximum absolute atomic E-state index is 12.6. The molecule has 0 N–H and O–H groups in total. The number of benzene rings is 1. The lowest BCUT2D eigenvalue weighted by Gasteiger charge is -2.10. The number of thioether (sulfide) groups is 1. The fourth-order valence-electron chi connectivity index (χ4n) is 2.95. The van der Waals surface area contributed by atoms with E-state index in [1.54, 1.807) is 48.2 Å². The molecule has 0 fully saturated rings. The Hall–Kier alpha value is -2.42. The molecule has 2 aromatic heterocycles. The first-order valence-electron chi connectivity index (χ1n) is 8.75. The molecule has 0 saturated heterocycles. The monoisotopic (exact) mass is 446 g/mol. The van der Waals surface area contributed by atoms with Crippen LogP contribution in [0.15, 0.2) is 45.4 Å². The van der Waals surface area contributed by atoms with E-state index in [0.717, 1.165) is 21.1 Å². The van der Waals surface area contributed by atoms with Gasteiger partial charge in [-0.15, -0.1) is 23.1 Å². The number of fused-ring (bicyclic) bond motifs is 3. The molecule has 148 valence electrons. The zero-order valence-corrected chi connectivity index (χ0v) is 17.7. The van der Waals surface area contributed by atoms with Crippen LogP contribution in [0.3, 0.4) is 0 Å². The lowest BCUT2D eigenvalue weighted by Crippen LogP contribution is -2.22. The minimum absolute atomic E-state index is 0.221. The number of ether oxygens (including phenoxy) is 1. The molecule has 1 aromatic carbocycles. The van der Waals surface area contributed by atoms with E-state index in [-0.39, 0.29) is 17.9 Å². The number of hydrogen-bond donors (Lipinski definition) is 0. The van der Waals surface area contributed by atoms with Crippen molar-refractivity contribution in [3.8, 4) is 16.9 Å². The van der Waals surface area contributed by atoms with E-state index in [2.05, 4.69) is 5.10 Å². The normalized spacial score (nSPS) is 12.6. The summed E-state index contributed by atoms with van der Waals surface area (Å²) in [6, 6.07) is 10.2. The van der Waals surface area contributed by atoms with Crippen LogP contribution in [-0.4, -0.2) is 33.9 Å². The molecule has 0 bridgehead atoms. The summed E-state index contributed by atoms with van der Waals surface area (Å²) in [4.78, 5) is 36.5. The van der Waals surface area contributed by atoms with Gasteiger partial charge in [-0.1, -0.05) is 11.6 Å². The second-order valence-electron chi connectivity index (χ2n) is 6.36. The van der Waals surface area contributed by atoms with E-state index in [1.807, 2.05) is 0 Å². The lowest BCUT2D eigenvalue weighted by atomic mass is 10.1. The van der Waals surface area contributed by atoms with Gasteiger partial charge in [0.1, 0.15) is 0 Å². The van der Waals surface area contributed by atoms with E-state index >= 15 is 0 Å². The third kappa shape index (κ3) is 4.14. The van der Waals surface area contributed by atoms with E-state index in [9.17, 15) is 14.4 Å². The van der Waals surface area contributed by atoms with Gasteiger partial charge < -0.3 is 4.74 Å². The number of carbonyl (C=O) groups is 2. The SMILES string of the molecule is CC(=O)OCC(=O)c1cc2c(s1)SCCc1cc(=O)n(-c3ccc(Cl)cc3)nc1-2. The van der Waals surface area contributed by atoms with Crippen molar-refractivity contribution < 1.29 is 14.3 Å². The third-order valence-corrected chi connectivity index (χ3v) is 7.04. The molecule has 0 amide bonds. The van der Waals surface area contributed by atoms with Crippen LogP contribution in [0.25, 0.3) is 16.9 Å². The molecule has 0 atom stereocenters. The fraction of sp³-hybridized carbons (Fsp3) is 0.200. The summed E-state index contributed by atoms with van der Waals surface area (Å²) in [5.74, 6) is 0.0285. The number of ketones is 1. The largest absolute Gasteiger partial charge is 0.457 e. The molecular formula is C20H15ClN2O4S2. The van der Waals surface area contributed by atoms with E-state index in [0.29, 0.717) is 27.7 Å². The number of aryl methyl sites for hydroxylation is 1. The molecule has 29 heavy (non-hydrogen) atoms. The number of halogens is 1. The Morgan fingerprint density at radius 2 is 2.00 bits per heavy atom. The summed E-state index contributed by atoms with van der Waals surface area (Å²) >= 11 is 8.93. The maximum atomic E-state index is 12.6. The summed E-state index contributed by atoms with van der Waals surface area (Å²) in [5, 5.41) is 5.19. The van der Waals surface area contributed by atoms with Crippen molar-refractivity contribution in [1.82, 2.24) is 9.78 Å². The highest BCUT2D eigenvalue weighted by Gasteiger charge is 2.24. The molecule has 3 heterocycles. The molecule has 9 heteroatoms. The third-order valence-electron chi connectivity index (χ3n) is 4.32. The molecular weight excluding hydrogens is 432 g/mol. The van der Waals surface area contributed by atoms with Crippen LogP contribution in [-0.2, 0) is 16.0 Å². The summed E-state index contributed by atoms with van der Waals surface area (Å²) in [7, 11) is 0. The van der Waals surface area contributed by atoms with Crippen molar-refractivity contribution in [3.63, 3.8) is 0 Å². The van der Waals surface area contributed by atoms with Gasteiger partial charge >= 0.3 is 5.97 Å². The van der Waals surface area contributed by atoms with Crippen molar-refractivity contribution in [1.29, 1.82) is 0 Å². The molecule has 0 spiro atoms. The Bertz CT molecular complexity index is 1170. The topological polar surface area (TPSA) is 78.3 Å². The van der Waals surface area contributed by atoms with Crippen molar-refractivity contribution in [3.05, 3.63) is 62.2 Å². The second kappa shape index (κ2) is 8.14. The van der Waals surface area contributed by atoms with Crippen LogP contribution in [0.5, 0.6) is 0 Å². The predicted octanol–water partition coefficient (Wildman–Crippen LogP) is 4.01. The number of thiophene rings is 1. The summed E-state index contributed by atoms with van der Waals surface area (Å²) in [5.41, 5.74) is 2.75. The smallest absolute Gasteiger partial charge is 0.303 e. The van der Waals surface area contributed by atoms with Crippen LogP contribution < -0.4 is 5.56 Å². The highest BCUT2D eigenvalue weighted by molar-refractivity contribution is 8.01. The zero-order valence-electron chi connectivity index (χ0n) is 15.3. The van der Waals surface area contributed by atoms with Gasteiger partial charge in [-0.3, -0.25) is 14.4 Å². The molecule has 6 nitrogen and oxygen atoms in total. The van der Waals surface area contributed by atoms with Gasteiger partial charge in [0, 0.05) is 29.3 Å². The average molecular weight is 447 g/mol. The van der Waals surface area contributed by atoms with Crippen molar-refractivity contribution in [2.45, 2.75) is 17.6 Å². The predicted molar refractivity (Wildman–Crippen MR) is 114 cm³/mol. The number of aromatic nitrogens is 2. The zero-order chi connectivity index (χ0) is 20.5. The number of nitrogens with zero attached hydrogens (tertiary/aromatic N) is 2. The van der Waals surface area contributed by atoms with E-state index < -0.39 is 5.97 Å². The lowest BCUT2D eigenvalue weighted by molar-refractivity contribution is -0.139. The van der Waals surface area contributed by atoms with Gasteiger partial charge in [-0.2, -0.15) is 9.78 Å². The fourth-order valence-corrected chi connectivity index (χ4v) is 5.47. The number of rotatable bonds is 4. The molecule has 1 aliphatic rings. The van der Waals surface area contributed by atoms with Gasteiger partial charge in [0.2, 0.25) is 5.78 Å². The Labute approximate surface area is 179 Å². The van der Waals surface area contributed by atoms with Crippen molar-refractivity contribution >= 4 is 46.5 Å². The van der Waals surface area contributed by atoms with Crippen LogP contribution in [0, 0.1) is 0 Å². The average Bonchev–Trinajstić information content (AvgIpc) is 3.04. The summed E-state index contributed by atoms with van der Waals surface area (Å²) < 4.78 is 7.13. The number of Topliss-reactive ketones (excluding diaryl/α,β-unsaturated/α-hetero) is 1. The maximum Gasteiger partial charge on any atom is 0.303 e. The number of esters is 1. The molecule has 1 aliphatic heterocycles. The van der Waals surface area contributed by atoms with Crippen LogP contribution in [0.4, 0.5) is 0 Å². The van der Waals surface area contributed by atoms with E-state index in [1.165, 1.54) is 22.9 Å². The van der Waals surface area contributed by atoms with E-state index in [4.69, 9.17) is 16.3 Å². The highest BCUT2D eigenvalue weighted by Crippen LogP contribution is 2.42. The van der Waals surface area contributed by atoms with Crippen LogP contribution in [0.2, 0.25) is 5.02 Å². The summed E-state index contributed by atoms with van der Waals surface area (Å²) in [6.07, 6.45) is 0.710. The minimum Gasteiger partial charge on any atom is -0.457 e. The Balaban J connectivity index is 1.78. The molecule has 0 saturated carbocycles. The first kappa shape index (κ1) is 19.9. The number of carbonyl (C=O) groups excluding carboxylic acids is 2. The Morgan fingerprint density at radius 3 is 2.72 bits per heavy atom. The van der Waals surface area contributed by atoms with Crippen LogP contribution >= 0.6 is 34.7 Å². The minimum atomic E-state index is -0.496. The van der Waals surface area contributed by atoms with Crippen molar-refractivity contribution in [2.24, 2.45) is 0 Å². The Morgan fingerprint density at radius 1 is 1.24 bits per heavy atom. The molecule has 0 radical (unpaired) electrons. The highest BCUT2D eigenvalue weighted by atomic mass is 35.5. The first-order valence-corrected chi connectivity index (χ1v) is 10.9. The van der Waals surface area contributed by atoms with Gasteiger partial charge in [0.15, 0.2) is 6.61 Å². The standard InChI is InChI=1S/C20H15ClN2O4S2/c1-11(24)27-10-16(25)17-9-15-19-12(6-7-28-20(15)29-17)8-18(26)23(22-19)14-4-2-13(21)3-5-14/h2-5,8-9H,6-7,10H2,1H3. The summed E-state index contributed by atoms with van der Waals surface area (Å²) in [6.45, 7) is 0.979. The Kier molecular flexibility index (Phi) is 5.58. The van der Waals surface area contributed by atoms with Crippen LogP contribution in [0.1, 0.15) is 22.2 Å². The molecule has 0 aliphatic carbocycles. The molecule has 3 aromatic rings. The molecule has 0 unspecified atom stereocenters. The van der Waals surface area contributed by atoms with Gasteiger partial charge in [0.05, 0.1) is 20.5 Å². The quantitative estimate of drug-likeness (QED) is 0.445. The first-order chi connectivity index (χ1) is 13.9. The van der Waals surface area contributed by atoms with Gasteiger partial charge in [-0.05, 0) is 42.3 Å². The number of hydrogen-bond acceptors (Lipinski definition) is 7. The molecule has 4 rings (SSSR count).